The van der Waals surface area contributed by atoms with Crippen molar-refractivity contribution in [2.75, 3.05) is 6.54 Å². The Kier molecular flexibility index (Phi) is 5.61. The second-order valence-corrected chi connectivity index (χ2v) is 7.48. The van der Waals surface area contributed by atoms with Crippen LogP contribution in [-0.4, -0.2) is 33.5 Å². The normalized spacial score (nSPS) is 14.7. The van der Waals surface area contributed by atoms with Gasteiger partial charge in [-0.15, -0.1) is 10.2 Å². The average molecular weight is 405 g/mol. The minimum Gasteiger partial charge on any atom is -0.449 e. The lowest BCUT2D eigenvalue weighted by Gasteiger charge is -2.15. The molecule has 3 aromatic rings. The van der Waals surface area contributed by atoms with E-state index in [1.165, 1.54) is 0 Å². The van der Waals surface area contributed by atoms with Crippen LogP contribution in [0.3, 0.4) is 0 Å². The fourth-order valence-electron chi connectivity index (χ4n) is 3.41. The van der Waals surface area contributed by atoms with E-state index in [0.717, 1.165) is 29.7 Å². The summed E-state index contributed by atoms with van der Waals surface area (Å²) in [6.07, 6.45) is 0.844. The molecule has 0 aliphatic carbocycles. The van der Waals surface area contributed by atoms with E-state index in [2.05, 4.69) is 10.2 Å². The number of hydrogen-bond donors (Lipinski definition) is 0. The highest BCUT2D eigenvalue weighted by molar-refractivity contribution is 5.89. The van der Waals surface area contributed by atoms with Gasteiger partial charge in [-0.2, -0.15) is 0 Å². The molecule has 0 spiro atoms. The Bertz CT molecular complexity index is 1060. The average Bonchev–Trinajstić information content (AvgIpc) is 3.38. The maximum Gasteiger partial charge on any atom is 0.338 e. The lowest BCUT2D eigenvalue weighted by Crippen LogP contribution is -2.23. The maximum atomic E-state index is 12.5. The minimum atomic E-state index is -0.676. The zero-order chi connectivity index (χ0) is 21.1. The summed E-state index contributed by atoms with van der Waals surface area (Å²) in [5.74, 6) is 0.333. The molecule has 1 aliphatic rings. The summed E-state index contributed by atoms with van der Waals surface area (Å²) in [4.78, 5) is 26.1. The highest BCUT2D eigenvalue weighted by Gasteiger charge is 2.22. The molecular weight excluding hydrogens is 382 g/mol. The molecule has 0 radical (unpaired) electrons. The lowest BCUT2D eigenvalue weighted by atomic mass is 10.1. The third kappa shape index (κ3) is 4.40. The van der Waals surface area contributed by atoms with Crippen molar-refractivity contribution in [2.45, 2.75) is 39.3 Å². The number of rotatable bonds is 6. The van der Waals surface area contributed by atoms with Gasteiger partial charge in [0.05, 0.1) is 5.56 Å². The van der Waals surface area contributed by atoms with Gasteiger partial charge in [0.2, 0.25) is 11.8 Å². The first-order chi connectivity index (χ1) is 14.5. The van der Waals surface area contributed by atoms with Crippen molar-refractivity contribution in [2.24, 2.45) is 0 Å². The van der Waals surface area contributed by atoms with Gasteiger partial charge in [-0.1, -0.05) is 29.8 Å². The predicted molar refractivity (Wildman–Crippen MR) is 109 cm³/mol. The summed E-state index contributed by atoms with van der Waals surface area (Å²) in [7, 11) is 0. The Balaban J connectivity index is 1.38. The standard InChI is InChI=1S/C23H23N3O4/c1-15-5-3-6-19(13-15)22-25-24-21(30-22)16(2)29-23(28)18-10-8-17(9-11-18)14-26-12-4-7-20(26)27/h3,5-6,8-11,13,16H,4,7,12,14H2,1-2H3/t16-/m1/s1. The number of esters is 1. The quantitative estimate of drug-likeness (QED) is 0.574. The van der Waals surface area contributed by atoms with E-state index in [1.807, 2.05) is 48.2 Å². The van der Waals surface area contributed by atoms with Crippen molar-refractivity contribution in [1.82, 2.24) is 15.1 Å². The van der Waals surface area contributed by atoms with E-state index < -0.39 is 12.1 Å². The second-order valence-electron chi connectivity index (χ2n) is 7.48. The molecule has 1 aromatic heterocycles. The number of carbonyl (C=O) groups is 2. The summed E-state index contributed by atoms with van der Waals surface area (Å²) in [6, 6.07) is 14.8. The second kappa shape index (κ2) is 8.49. The maximum absolute atomic E-state index is 12.5. The van der Waals surface area contributed by atoms with E-state index in [9.17, 15) is 9.59 Å². The molecule has 2 aromatic carbocycles. The first-order valence-corrected chi connectivity index (χ1v) is 9.98. The Morgan fingerprint density at radius 1 is 1.20 bits per heavy atom. The number of ether oxygens (including phenoxy) is 1. The van der Waals surface area contributed by atoms with E-state index in [1.54, 1.807) is 19.1 Å². The number of likely N-dealkylation sites (tertiary alicyclic amines) is 1. The molecule has 0 unspecified atom stereocenters. The molecular formula is C23H23N3O4. The highest BCUT2D eigenvalue weighted by Crippen LogP contribution is 2.24. The van der Waals surface area contributed by atoms with Crippen molar-refractivity contribution >= 4 is 11.9 Å². The Hall–Kier alpha value is -3.48. The summed E-state index contributed by atoms with van der Waals surface area (Å²) in [6.45, 7) is 5.03. The molecule has 4 rings (SSSR count). The third-order valence-corrected chi connectivity index (χ3v) is 5.07. The molecule has 1 atom stereocenters. The van der Waals surface area contributed by atoms with Crippen molar-refractivity contribution in [3.63, 3.8) is 0 Å². The van der Waals surface area contributed by atoms with E-state index in [-0.39, 0.29) is 11.8 Å². The molecule has 154 valence electrons. The molecule has 0 saturated carbocycles. The van der Waals surface area contributed by atoms with Gasteiger partial charge < -0.3 is 14.1 Å². The molecule has 7 heteroatoms. The molecule has 0 bridgehead atoms. The number of nitrogens with zero attached hydrogens (tertiary/aromatic N) is 3. The fraction of sp³-hybridized carbons (Fsp3) is 0.304. The first-order valence-electron chi connectivity index (χ1n) is 9.98. The molecule has 1 amide bonds. The van der Waals surface area contributed by atoms with Crippen LogP contribution in [0.15, 0.2) is 52.9 Å². The number of aryl methyl sites for hydroxylation is 1. The van der Waals surface area contributed by atoms with Crippen LogP contribution in [0.5, 0.6) is 0 Å². The van der Waals surface area contributed by atoms with Gasteiger partial charge in [0.15, 0.2) is 6.10 Å². The van der Waals surface area contributed by atoms with E-state index >= 15 is 0 Å². The van der Waals surface area contributed by atoms with Crippen LogP contribution in [0.4, 0.5) is 0 Å². The number of benzene rings is 2. The van der Waals surface area contributed by atoms with Crippen LogP contribution in [-0.2, 0) is 16.1 Å². The molecule has 7 nitrogen and oxygen atoms in total. The van der Waals surface area contributed by atoms with Crippen molar-refractivity contribution in [3.8, 4) is 11.5 Å². The number of carbonyl (C=O) groups excluding carboxylic acids is 2. The lowest BCUT2D eigenvalue weighted by molar-refractivity contribution is -0.128. The summed E-state index contributed by atoms with van der Waals surface area (Å²) < 4.78 is 11.2. The monoisotopic (exact) mass is 405 g/mol. The molecule has 30 heavy (non-hydrogen) atoms. The SMILES string of the molecule is Cc1cccc(-c2nnc([C@@H](C)OC(=O)c3ccc(CN4CCCC4=O)cc3)o2)c1. The van der Waals surface area contributed by atoms with Gasteiger partial charge in [0.1, 0.15) is 0 Å². The molecule has 1 fully saturated rings. The topological polar surface area (TPSA) is 85.5 Å². The number of aromatic nitrogens is 2. The van der Waals surface area contributed by atoms with Crippen molar-refractivity contribution in [3.05, 3.63) is 71.1 Å². The molecule has 1 saturated heterocycles. The minimum absolute atomic E-state index is 0.178. The summed E-state index contributed by atoms with van der Waals surface area (Å²) in [5.41, 5.74) is 3.31. The fourth-order valence-corrected chi connectivity index (χ4v) is 3.41. The molecule has 1 aliphatic heterocycles. The van der Waals surface area contributed by atoms with Crippen molar-refractivity contribution in [1.29, 1.82) is 0 Å². The van der Waals surface area contributed by atoms with Crippen LogP contribution in [0, 0.1) is 6.92 Å². The predicted octanol–water partition coefficient (Wildman–Crippen LogP) is 4.09. The molecule has 2 heterocycles. The van der Waals surface area contributed by atoms with Crippen molar-refractivity contribution < 1.29 is 18.7 Å². The Morgan fingerprint density at radius 3 is 2.70 bits per heavy atom. The number of amides is 1. The first kappa shape index (κ1) is 19.8. The summed E-state index contributed by atoms with van der Waals surface area (Å²) >= 11 is 0. The zero-order valence-corrected chi connectivity index (χ0v) is 17.0. The van der Waals surface area contributed by atoms with Crippen LogP contribution in [0.25, 0.3) is 11.5 Å². The zero-order valence-electron chi connectivity index (χ0n) is 17.0. The van der Waals surface area contributed by atoms with E-state index in [4.69, 9.17) is 9.15 Å². The highest BCUT2D eigenvalue weighted by atomic mass is 16.6. The van der Waals surface area contributed by atoms with Crippen LogP contribution in [0.2, 0.25) is 0 Å². The van der Waals surface area contributed by atoms with Crippen LogP contribution < -0.4 is 0 Å². The largest absolute Gasteiger partial charge is 0.449 e. The van der Waals surface area contributed by atoms with Gasteiger partial charge >= 0.3 is 5.97 Å². The van der Waals surface area contributed by atoms with E-state index in [0.29, 0.717) is 24.4 Å². The van der Waals surface area contributed by atoms with Crippen LogP contribution >= 0.6 is 0 Å². The third-order valence-electron chi connectivity index (χ3n) is 5.07. The smallest absolute Gasteiger partial charge is 0.338 e. The number of hydrogen-bond acceptors (Lipinski definition) is 6. The summed E-state index contributed by atoms with van der Waals surface area (Å²) in [5, 5.41) is 8.07. The van der Waals surface area contributed by atoms with Gasteiger partial charge in [-0.25, -0.2) is 4.79 Å². The van der Waals surface area contributed by atoms with Gasteiger partial charge in [0, 0.05) is 25.1 Å². The van der Waals surface area contributed by atoms with Crippen LogP contribution in [0.1, 0.15) is 53.2 Å². The van der Waals surface area contributed by atoms with Gasteiger partial charge in [-0.05, 0) is 50.1 Å². The Morgan fingerprint density at radius 2 is 2.00 bits per heavy atom. The molecule has 0 N–H and O–H groups in total. The van der Waals surface area contributed by atoms with Gasteiger partial charge in [0.25, 0.3) is 5.89 Å². The van der Waals surface area contributed by atoms with Gasteiger partial charge in [-0.3, -0.25) is 4.79 Å². The Labute approximate surface area is 174 Å².